The molecule has 0 aliphatic heterocycles. The Labute approximate surface area is 100 Å². The van der Waals surface area contributed by atoms with Crippen molar-refractivity contribution >= 4 is 21.8 Å². The topological polar surface area (TPSA) is 55.1 Å². The molecule has 0 saturated carbocycles. The highest BCUT2D eigenvalue weighted by atomic mass is 79.9. The molecule has 0 heterocycles. The van der Waals surface area contributed by atoms with Gasteiger partial charge in [-0.15, -0.1) is 0 Å². The molecule has 0 aliphatic rings. The third-order valence-electron chi connectivity index (χ3n) is 1.82. The molecule has 88 valence electrons. The molecule has 0 spiro atoms. The van der Waals surface area contributed by atoms with Crippen LogP contribution in [-0.2, 0) is 0 Å². The molecule has 0 aromatic heterocycles. The first kappa shape index (κ1) is 13.1. The van der Waals surface area contributed by atoms with Gasteiger partial charge in [0.05, 0.1) is 0 Å². The fraction of sp³-hybridized carbons (Fsp3) is 0.300. The largest absolute Gasteiger partial charge is 0.350 e. The predicted octanol–water partition coefficient (Wildman–Crippen LogP) is 1.80. The van der Waals surface area contributed by atoms with Crippen LogP contribution in [0.2, 0.25) is 0 Å². The van der Waals surface area contributed by atoms with Crippen molar-refractivity contribution in [3.8, 4) is 0 Å². The molecule has 3 nitrogen and oxygen atoms in total. The van der Waals surface area contributed by atoms with E-state index in [2.05, 4.69) is 21.2 Å². The van der Waals surface area contributed by atoms with Gasteiger partial charge in [-0.25, -0.2) is 8.78 Å². The van der Waals surface area contributed by atoms with Crippen molar-refractivity contribution in [2.75, 3.05) is 6.54 Å². The zero-order valence-electron chi connectivity index (χ0n) is 8.56. The summed E-state index contributed by atoms with van der Waals surface area (Å²) >= 11 is 2.93. The average Bonchev–Trinajstić information content (AvgIpc) is 2.12. The fourth-order valence-corrected chi connectivity index (χ4v) is 1.50. The van der Waals surface area contributed by atoms with Gasteiger partial charge in [-0.2, -0.15) is 0 Å². The Bertz CT molecular complexity index is 387. The van der Waals surface area contributed by atoms with E-state index in [1.807, 2.05) is 0 Å². The normalized spacial score (nSPS) is 12.3. The van der Waals surface area contributed by atoms with E-state index in [9.17, 15) is 13.6 Å². The maximum atomic E-state index is 13.3. The summed E-state index contributed by atoms with van der Waals surface area (Å²) in [6.45, 7) is 1.84. The van der Waals surface area contributed by atoms with E-state index >= 15 is 0 Å². The molecule has 1 amide bonds. The van der Waals surface area contributed by atoms with E-state index in [4.69, 9.17) is 5.73 Å². The van der Waals surface area contributed by atoms with Gasteiger partial charge in [0, 0.05) is 17.1 Å². The lowest BCUT2D eigenvalue weighted by molar-refractivity contribution is 0.0943. The molecule has 1 atom stereocenters. The van der Waals surface area contributed by atoms with Gasteiger partial charge in [0.2, 0.25) is 0 Å². The molecule has 1 aromatic carbocycles. The van der Waals surface area contributed by atoms with Gasteiger partial charge in [0.15, 0.2) is 0 Å². The number of hydrogen-bond acceptors (Lipinski definition) is 2. The second-order valence-electron chi connectivity index (χ2n) is 3.43. The Kier molecular flexibility index (Phi) is 4.37. The molecule has 0 bridgehead atoms. The van der Waals surface area contributed by atoms with Gasteiger partial charge in [0.25, 0.3) is 5.91 Å². The third-order valence-corrected chi connectivity index (χ3v) is 2.28. The molecule has 0 saturated heterocycles. The molecule has 3 N–H and O–H groups in total. The summed E-state index contributed by atoms with van der Waals surface area (Å²) in [5.74, 6) is -2.62. The molecule has 0 aliphatic carbocycles. The van der Waals surface area contributed by atoms with Gasteiger partial charge in [0.1, 0.15) is 17.2 Å². The minimum atomic E-state index is -0.908. The monoisotopic (exact) mass is 292 g/mol. The number of nitrogens with one attached hydrogen (secondary N) is 1. The number of nitrogens with two attached hydrogens (primary N) is 1. The lowest BCUT2D eigenvalue weighted by atomic mass is 10.2. The first-order valence-corrected chi connectivity index (χ1v) is 5.39. The summed E-state index contributed by atoms with van der Waals surface area (Å²) in [5, 5.41) is 2.34. The number of amides is 1. The standard InChI is InChI=1S/C10H11BrF2N2O/c1-5(14)4-15-10(16)9-7(12)2-6(11)3-8(9)13/h2-3,5H,4,14H2,1H3,(H,15,16). The van der Waals surface area contributed by atoms with Crippen molar-refractivity contribution in [1.82, 2.24) is 5.32 Å². The number of rotatable bonds is 3. The molecule has 1 rings (SSSR count). The summed E-state index contributed by atoms with van der Waals surface area (Å²) < 4.78 is 26.9. The van der Waals surface area contributed by atoms with Gasteiger partial charge in [-0.1, -0.05) is 15.9 Å². The van der Waals surface area contributed by atoms with Crippen LogP contribution < -0.4 is 11.1 Å². The maximum absolute atomic E-state index is 13.3. The van der Waals surface area contributed by atoms with Crippen molar-refractivity contribution in [2.24, 2.45) is 5.73 Å². The quantitative estimate of drug-likeness (QED) is 0.893. The summed E-state index contributed by atoms with van der Waals surface area (Å²) in [5.41, 5.74) is 4.82. The molecule has 0 fully saturated rings. The second kappa shape index (κ2) is 5.36. The minimum Gasteiger partial charge on any atom is -0.350 e. The first-order valence-electron chi connectivity index (χ1n) is 4.60. The summed E-state index contributed by atoms with van der Waals surface area (Å²) in [6, 6.07) is 1.79. The Balaban J connectivity index is 2.91. The number of carbonyl (C=O) groups is 1. The van der Waals surface area contributed by atoms with Crippen molar-refractivity contribution in [3.63, 3.8) is 0 Å². The van der Waals surface area contributed by atoms with Crippen LogP contribution in [-0.4, -0.2) is 18.5 Å². The highest BCUT2D eigenvalue weighted by molar-refractivity contribution is 9.10. The zero-order valence-corrected chi connectivity index (χ0v) is 10.1. The summed E-state index contributed by atoms with van der Waals surface area (Å²) in [4.78, 5) is 11.4. The predicted molar refractivity (Wildman–Crippen MR) is 60.0 cm³/mol. The number of halogens is 3. The van der Waals surface area contributed by atoms with Crippen LogP contribution in [0.25, 0.3) is 0 Å². The average molecular weight is 293 g/mol. The number of hydrogen-bond donors (Lipinski definition) is 2. The zero-order chi connectivity index (χ0) is 12.3. The van der Waals surface area contributed by atoms with E-state index in [1.165, 1.54) is 0 Å². The van der Waals surface area contributed by atoms with Crippen LogP contribution in [0.4, 0.5) is 8.78 Å². The molecule has 6 heteroatoms. The molecule has 16 heavy (non-hydrogen) atoms. The lowest BCUT2D eigenvalue weighted by Gasteiger charge is -2.09. The van der Waals surface area contributed by atoms with Crippen LogP contribution in [0.5, 0.6) is 0 Å². The van der Waals surface area contributed by atoms with Crippen LogP contribution >= 0.6 is 15.9 Å². The van der Waals surface area contributed by atoms with Crippen LogP contribution in [0.1, 0.15) is 17.3 Å². The van der Waals surface area contributed by atoms with Gasteiger partial charge >= 0.3 is 0 Å². The van der Waals surface area contributed by atoms with E-state index in [0.717, 1.165) is 12.1 Å². The number of benzene rings is 1. The van der Waals surface area contributed by atoms with Crippen molar-refractivity contribution in [1.29, 1.82) is 0 Å². The highest BCUT2D eigenvalue weighted by Crippen LogP contribution is 2.19. The highest BCUT2D eigenvalue weighted by Gasteiger charge is 2.18. The molecule has 1 unspecified atom stereocenters. The SMILES string of the molecule is CC(N)CNC(=O)c1c(F)cc(Br)cc1F. The lowest BCUT2D eigenvalue weighted by Crippen LogP contribution is -2.35. The van der Waals surface area contributed by atoms with Gasteiger partial charge in [-0.05, 0) is 19.1 Å². The molecule has 0 radical (unpaired) electrons. The van der Waals surface area contributed by atoms with E-state index in [0.29, 0.717) is 0 Å². The summed E-state index contributed by atoms with van der Waals surface area (Å²) in [7, 11) is 0. The fourth-order valence-electron chi connectivity index (χ4n) is 1.10. The first-order chi connectivity index (χ1) is 7.41. The number of carbonyl (C=O) groups excluding carboxylic acids is 1. The second-order valence-corrected chi connectivity index (χ2v) is 4.35. The smallest absolute Gasteiger partial charge is 0.257 e. The van der Waals surface area contributed by atoms with E-state index in [1.54, 1.807) is 6.92 Å². The van der Waals surface area contributed by atoms with Crippen LogP contribution in [0.15, 0.2) is 16.6 Å². The summed E-state index contributed by atoms with van der Waals surface area (Å²) in [6.07, 6.45) is 0. The van der Waals surface area contributed by atoms with Crippen LogP contribution in [0.3, 0.4) is 0 Å². The van der Waals surface area contributed by atoms with E-state index in [-0.39, 0.29) is 17.1 Å². The molecular weight excluding hydrogens is 282 g/mol. The van der Waals surface area contributed by atoms with Crippen LogP contribution in [0, 0.1) is 11.6 Å². The Morgan fingerprint density at radius 1 is 1.50 bits per heavy atom. The minimum absolute atomic E-state index is 0.160. The van der Waals surface area contributed by atoms with E-state index < -0.39 is 23.1 Å². The van der Waals surface area contributed by atoms with Crippen molar-refractivity contribution < 1.29 is 13.6 Å². The van der Waals surface area contributed by atoms with Gasteiger partial charge < -0.3 is 11.1 Å². The van der Waals surface area contributed by atoms with Gasteiger partial charge in [-0.3, -0.25) is 4.79 Å². The Morgan fingerprint density at radius 2 is 2.00 bits per heavy atom. The Hall–Kier alpha value is -1.01. The Morgan fingerprint density at radius 3 is 2.44 bits per heavy atom. The van der Waals surface area contributed by atoms with Crippen molar-refractivity contribution in [3.05, 3.63) is 33.8 Å². The molecular formula is C10H11BrF2N2O. The molecule has 1 aromatic rings. The maximum Gasteiger partial charge on any atom is 0.257 e. The third kappa shape index (κ3) is 3.24. The van der Waals surface area contributed by atoms with Crippen molar-refractivity contribution in [2.45, 2.75) is 13.0 Å².